The van der Waals surface area contributed by atoms with Crippen LogP contribution in [0.1, 0.15) is 29.2 Å². The molecule has 2 atom stereocenters. The van der Waals surface area contributed by atoms with Gasteiger partial charge in [-0.1, -0.05) is 36.4 Å². The maximum atomic E-state index is 10.2. The molecule has 3 nitrogen and oxygen atoms in total. The molecular formula is C18H21NO2. The molecule has 1 aliphatic carbocycles. The molecule has 0 fully saturated rings. The molecule has 2 aromatic carbocycles. The molecule has 0 spiro atoms. The van der Waals surface area contributed by atoms with Crippen molar-refractivity contribution < 1.29 is 10.2 Å². The Kier molecular flexibility index (Phi) is 4.23. The number of nitrogens with one attached hydrogen (secondary N) is 1. The van der Waals surface area contributed by atoms with E-state index in [4.69, 9.17) is 0 Å². The molecule has 0 unspecified atom stereocenters. The first-order valence-corrected chi connectivity index (χ1v) is 7.49. The van der Waals surface area contributed by atoms with Crippen LogP contribution in [0.2, 0.25) is 0 Å². The largest absolute Gasteiger partial charge is 0.508 e. The second kappa shape index (κ2) is 6.29. The minimum Gasteiger partial charge on any atom is -0.508 e. The summed E-state index contributed by atoms with van der Waals surface area (Å²) in [4.78, 5) is 0. The van der Waals surface area contributed by atoms with E-state index in [2.05, 4.69) is 5.32 Å². The first-order valence-electron chi connectivity index (χ1n) is 7.49. The van der Waals surface area contributed by atoms with Gasteiger partial charge in [-0.15, -0.1) is 0 Å². The van der Waals surface area contributed by atoms with Gasteiger partial charge in [-0.05, 0) is 48.1 Å². The summed E-state index contributed by atoms with van der Waals surface area (Å²) >= 11 is 0. The Bertz CT molecular complexity index is 597. The van der Waals surface area contributed by atoms with E-state index in [0.29, 0.717) is 18.3 Å². The Balaban J connectivity index is 1.58. The molecule has 1 aliphatic rings. The number of rotatable bonds is 4. The SMILES string of the molecule is Oc1ccc2c(c1)C[C@H](NC[C@@H](O)c1ccccc1)CC2. The van der Waals surface area contributed by atoms with Crippen molar-refractivity contribution in [1.29, 1.82) is 0 Å². The third-order valence-electron chi connectivity index (χ3n) is 4.20. The maximum Gasteiger partial charge on any atom is 0.115 e. The Morgan fingerprint density at radius 1 is 1.10 bits per heavy atom. The van der Waals surface area contributed by atoms with Crippen molar-refractivity contribution in [1.82, 2.24) is 5.32 Å². The molecule has 0 saturated heterocycles. The van der Waals surface area contributed by atoms with Crippen LogP contribution in [-0.4, -0.2) is 22.8 Å². The minimum absolute atomic E-state index is 0.332. The van der Waals surface area contributed by atoms with Gasteiger partial charge in [-0.3, -0.25) is 0 Å². The van der Waals surface area contributed by atoms with E-state index in [9.17, 15) is 10.2 Å². The van der Waals surface area contributed by atoms with Crippen LogP contribution in [-0.2, 0) is 12.8 Å². The second-order valence-corrected chi connectivity index (χ2v) is 5.73. The summed E-state index contributed by atoms with van der Waals surface area (Å²) in [7, 11) is 0. The van der Waals surface area contributed by atoms with Gasteiger partial charge in [-0.2, -0.15) is 0 Å². The first kappa shape index (κ1) is 14.1. The Labute approximate surface area is 125 Å². The molecule has 0 heterocycles. The van der Waals surface area contributed by atoms with Gasteiger partial charge in [0.2, 0.25) is 0 Å². The van der Waals surface area contributed by atoms with Crippen LogP contribution in [0.3, 0.4) is 0 Å². The van der Waals surface area contributed by atoms with Gasteiger partial charge in [0, 0.05) is 12.6 Å². The number of phenols is 1. The highest BCUT2D eigenvalue weighted by atomic mass is 16.3. The number of aromatic hydroxyl groups is 1. The van der Waals surface area contributed by atoms with Crippen molar-refractivity contribution in [2.24, 2.45) is 0 Å². The highest BCUT2D eigenvalue weighted by molar-refractivity contribution is 5.37. The zero-order valence-corrected chi connectivity index (χ0v) is 12.0. The molecule has 0 saturated carbocycles. The van der Waals surface area contributed by atoms with E-state index in [1.807, 2.05) is 42.5 Å². The van der Waals surface area contributed by atoms with Crippen molar-refractivity contribution in [3.8, 4) is 5.75 Å². The fourth-order valence-corrected chi connectivity index (χ4v) is 2.99. The Morgan fingerprint density at radius 2 is 1.90 bits per heavy atom. The summed E-state index contributed by atoms with van der Waals surface area (Å²) in [6, 6.07) is 15.7. The third kappa shape index (κ3) is 3.43. The minimum atomic E-state index is -0.475. The van der Waals surface area contributed by atoms with Crippen molar-refractivity contribution in [2.45, 2.75) is 31.4 Å². The molecule has 0 aromatic heterocycles. The van der Waals surface area contributed by atoms with Crippen LogP contribution in [0.25, 0.3) is 0 Å². The number of benzene rings is 2. The summed E-state index contributed by atoms with van der Waals surface area (Å²) in [5, 5.41) is 23.2. The number of aliphatic hydroxyl groups excluding tert-OH is 1. The number of aliphatic hydroxyl groups is 1. The van der Waals surface area contributed by atoms with Gasteiger partial charge in [0.25, 0.3) is 0 Å². The van der Waals surface area contributed by atoms with E-state index in [-0.39, 0.29) is 0 Å². The van der Waals surface area contributed by atoms with Crippen LogP contribution in [0.5, 0.6) is 5.75 Å². The van der Waals surface area contributed by atoms with Gasteiger partial charge in [0.1, 0.15) is 5.75 Å². The summed E-state index contributed by atoms with van der Waals surface area (Å²) in [5.74, 6) is 0.332. The van der Waals surface area contributed by atoms with Gasteiger partial charge in [0.15, 0.2) is 0 Å². The fourth-order valence-electron chi connectivity index (χ4n) is 2.99. The van der Waals surface area contributed by atoms with Crippen LogP contribution >= 0.6 is 0 Å². The summed E-state index contributed by atoms with van der Waals surface area (Å²) in [5.41, 5.74) is 3.49. The number of aryl methyl sites for hydroxylation is 1. The molecule has 0 bridgehead atoms. The number of phenolic OH excluding ortho intramolecular Hbond substituents is 1. The highest BCUT2D eigenvalue weighted by Gasteiger charge is 2.19. The normalized spacial score (nSPS) is 19.0. The molecule has 3 N–H and O–H groups in total. The van der Waals surface area contributed by atoms with Crippen molar-refractivity contribution in [3.05, 3.63) is 65.2 Å². The van der Waals surface area contributed by atoms with Crippen molar-refractivity contribution >= 4 is 0 Å². The first-order chi connectivity index (χ1) is 10.2. The molecule has 3 heteroatoms. The van der Waals surface area contributed by atoms with Crippen molar-refractivity contribution in [2.75, 3.05) is 6.54 Å². The Hall–Kier alpha value is -1.84. The lowest BCUT2D eigenvalue weighted by atomic mass is 9.88. The van der Waals surface area contributed by atoms with Crippen molar-refractivity contribution in [3.63, 3.8) is 0 Å². The average Bonchev–Trinajstić information content (AvgIpc) is 2.53. The standard InChI is InChI=1S/C18H21NO2/c20-17-9-7-13-6-8-16(10-15(13)11-17)19-12-18(21)14-4-2-1-3-5-14/h1-5,7,9,11,16,18-21H,6,8,10,12H2/t16-,18-/m1/s1. The topological polar surface area (TPSA) is 52.5 Å². The van der Waals surface area contributed by atoms with Gasteiger partial charge >= 0.3 is 0 Å². The molecule has 2 aromatic rings. The van der Waals surface area contributed by atoms with Gasteiger partial charge in [-0.25, -0.2) is 0 Å². The molecular weight excluding hydrogens is 262 g/mol. The molecule has 110 valence electrons. The van der Waals surface area contributed by atoms with Crippen LogP contribution in [0, 0.1) is 0 Å². The van der Waals surface area contributed by atoms with E-state index in [0.717, 1.165) is 24.8 Å². The maximum absolute atomic E-state index is 10.2. The molecule has 3 rings (SSSR count). The Morgan fingerprint density at radius 3 is 2.71 bits per heavy atom. The molecule has 0 amide bonds. The zero-order chi connectivity index (χ0) is 14.7. The summed E-state index contributed by atoms with van der Waals surface area (Å²) in [6.07, 6.45) is 2.52. The lowest BCUT2D eigenvalue weighted by molar-refractivity contribution is 0.168. The third-order valence-corrected chi connectivity index (χ3v) is 4.20. The van der Waals surface area contributed by atoms with Crippen LogP contribution in [0.15, 0.2) is 48.5 Å². The van der Waals surface area contributed by atoms with Crippen LogP contribution in [0.4, 0.5) is 0 Å². The van der Waals surface area contributed by atoms with E-state index >= 15 is 0 Å². The summed E-state index contributed by atoms with van der Waals surface area (Å²) in [6.45, 7) is 0.558. The summed E-state index contributed by atoms with van der Waals surface area (Å²) < 4.78 is 0. The van der Waals surface area contributed by atoms with E-state index < -0.39 is 6.10 Å². The zero-order valence-electron chi connectivity index (χ0n) is 12.0. The quantitative estimate of drug-likeness (QED) is 0.808. The monoisotopic (exact) mass is 283 g/mol. The van der Waals surface area contributed by atoms with Gasteiger partial charge in [0.05, 0.1) is 6.10 Å². The second-order valence-electron chi connectivity index (χ2n) is 5.73. The molecule has 0 aliphatic heterocycles. The highest BCUT2D eigenvalue weighted by Crippen LogP contribution is 2.25. The number of hydrogen-bond donors (Lipinski definition) is 3. The lowest BCUT2D eigenvalue weighted by Gasteiger charge is -2.26. The van der Waals surface area contributed by atoms with E-state index in [1.54, 1.807) is 6.07 Å². The number of fused-ring (bicyclic) bond motifs is 1. The lowest BCUT2D eigenvalue weighted by Crippen LogP contribution is -2.37. The average molecular weight is 283 g/mol. The predicted octanol–water partition coefficient (Wildman–Crippen LogP) is 2.57. The molecule has 0 radical (unpaired) electrons. The van der Waals surface area contributed by atoms with Gasteiger partial charge < -0.3 is 15.5 Å². The fraction of sp³-hybridized carbons (Fsp3) is 0.333. The number of hydrogen-bond acceptors (Lipinski definition) is 3. The molecule has 21 heavy (non-hydrogen) atoms. The van der Waals surface area contributed by atoms with Crippen LogP contribution < -0.4 is 5.32 Å². The van der Waals surface area contributed by atoms with E-state index in [1.165, 1.54) is 11.1 Å². The predicted molar refractivity (Wildman–Crippen MR) is 83.3 cm³/mol. The smallest absolute Gasteiger partial charge is 0.115 e.